The highest BCUT2D eigenvalue weighted by Crippen LogP contribution is 2.18. The molecule has 0 aromatic carbocycles. The number of aryl methyl sites for hydroxylation is 1. The Balaban J connectivity index is 2.07. The summed E-state index contributed by atoms with van der Waals surface area (Å²) in [5, 5.41) is 6.21. The van der Waals surface area contributed by atoms with E-state index in [0.29, 0.717) is 17.5 Å². The van der Waals surface area contributed by atoms with Gasteiger partial charge in [0.05, 0.1) is 22.8 Å². The third kappa shape index (κ3) is 4.46. The molecule has 1 fully saturated rings. The van der Waals surface area contributed by atoms with Crippen LogP contribution in [0.4, 0.5) is 13.2 Å². The van der Waals surface area contributed by atoms with Gasteiger partial charge in [-0.15, -0.1) is 0 Å². The van der Waals surface area contributed by atoms with Crippen LogP contribution < -0.4 is 5.32 Å². The molecule has 0 bridgehead atoms. The van der Waals surface area contributed by atoms with Crippen LogP contribution in [0.1, 0.15) is 28.9 Å². The van der Waals surface area contributed by atoms with Crippen LogP contribution in [0.15, 0.2) is 6.20 Å². The summed E-state index contributed by atoms with van der Waals surface area (Å²) in [5.41, 5.74) is 0.188. The Morgan fingerprint density at radius 1 is 1.50 bits per heavy atom. The number of hydrogen-bond acceptors (Lipinski definition) is 4. The predicted octanol–water partition coefficient (Wildman–Crippen LogP) is 1.06. The summed E-state index contributed by atoms with van der Waals surface area (Å²) in [5.74, 6) is -0.649. The van der Waals surface area contributed by atoms with Crippen LogP contribution in [0.25, 0.3) is 0 Å². The van der Waals surface area contributed by atoms with E-state index in [2.05, 4.69) is 10.4 Å². The maximum atomic E-state index is 12.3. The van der Waals surface area contributed by atoms with Crippen molar-refractivity contribution < 1.29 is 26.4 Å². The van der Waals surface area contributed by atoms with Crippen molar-refractivity contribution in [3.63, 3.8) is 0 Å². The van der Waals surface area contributed by atoms with E-state index in [1.54, 1.807) is 0 Å². The first-order valence-electron chi connectivity index (χ1n) is 6.68. The number of nitrogens with zero attached hydrogens (tertiary/aromatic N) is 2. The second-order valence-electron chi connectivity index (χ2n) is 5.37. The molecule has 0 spiro atoms. The van der Waals surface area contributed by atoms with Gasteiger partial charge in [-0.3, -0.25) is 9.48 Å². The van der Waals surface area contributed by atoms with Crippen molar-refractivity contribution in [2.24, 2.45) is 0 Å². The molecule has 2 heterocycles. The van der Waals surface area contributed by atoms with Crippen molar-refractivity contribution in [1.82, 2.24) is 15.1 Å². The molecule has 0 saturated carbocycles. The van der Waals surface area contributed by atoms with Gasteiger partial charge >= 0.3 is 6.18 Å². The van der Waals surface area contributed by atoms with Crippen LogP contribution in [0.2, 0.25) is 0 Å². The van der Waals surface area contributed by atoms with Gasteiger partial charge in [0.2, 0.25) is 0 Å². The molecule has 1 atom stereocenters. The highest BCUT2D eigenvalue weighted by atomic mass is 32.2. The minimum atomic E-state index is -4.43. The number of sulfone groups is 1. The summed E-state index contributed by atoms with van der Waals surface area (Å²) >= 11 is 0. The molecule has 22 heavy (non-hydrogen) atoms. The molecule has 6 nitrogen and oxygen atoms in total. The normalized spacial score (nSPS) is 21.5. The first-order valence-corrected chi connectivity index (χ1v) is 8.50. The molecule has 2 rings (SSSR count). The first-order chi connectivity index (χ1) is 10.1. The van der Waals surface area contributed by atoms with Crippen LogP contribution in [0.3, 0.4) is 0 Å². The number of hydrogen-bond donors (Lipinski definition) is 1. The van der Waals surface area contributed by atoms with E-state index in [-0.39, 0.29) is 22.8 Å². The molecule has 0 aliphatic carbocycles. The number of nitrogens with one attached hydrogen (secondary N) is 1. The van der Waals surface area contributed by atoms with E-state index in [1.807, 2.05) is 0 Å². The topological polar surface area (TPSA) is 81.1 Å². The molecular formula is C12H16F3N3O3S. The Hall–Kier alpha value is -1.58. The van der Waals surface area contributed by atoms with Gasteiger partial charge in [0.15, 0.2) is 9.84 Å². The zero-order chi connectivity index (χ0) is 16.5. The van der Waals surface area contributed by atoms with Gasteiger partial charge in [-0.1, -0.05) is 0 Å². The highest BCUT2D eigenvalue weighted by Gasteiger charge is 2.30. The van der Waals surface area contributed by atoms with Crippen molar-refractivity contribution in [2.45, 2.75) is 38.5 Å². The molecule has 1 aromatic heterocycles. The van der Waals surface area contributed by atoms with E-state index in [0.717, 1.165) is 6.20 Å². The third-order valence-corrected chi connectivity index (χ3v) is 5.15. The second-order valence-corrected chi connectivity index (χ2v) is 7.60. The van der Waals surface area contributed by atoms with Gasteiger partial charge in [-0.25, -0.2) is 8.42 Å². The van der Waals surface area contributed by atoms with E-state index in [4.69, 9.17) is 0 Å². The molecule has 1 amide bonds. The highest BCUT2D eigenvalue weighted by molar-refractivity contribution is 7.91. The number of alkyl halides is 3. The zero-order valence-corrected chi connectivity index (χ0v) is 12.7. The molecular weight excluding hydrogens is 323 g/mol. The standard InChI is InChI=1S/C12H16F3N3O3S/c1-8-10(5-18(17-8)7-12(13,14)15)11(19)16-9-3-2-4-22(20,21)6-9/h5,9H,2-4,6-7H2,1H3,(H,16,19). The lowest BCUT2D eigenvalue weighted by molar-refractivity contribution is -0.142. The molecule has 1 saturated heterocycles. The summed E-state index contributed by atoms with van der Waals surface area (Å²) in [6, 6.07) is -0.517. The molecule has 124 valence electrons. The number of carbonyl (C=O) groups excluding carboxylic acids is 1. The lowest BCUT2D eigenvalue weighted by atomic mass is 10.1. The van der Waals surface area contributed by atoms with E-state index < -0.39 is 34.5 Å². The smallest absolute Gasteiger partial charge is 0.348 e. The SMILES string of the molecule is Cc1nn(CC(F)(F)F)cc1C(=O)NC1CCCS(=O)(=O)C1. The van der Waals surface area contributed by atoms with Crippen molar-refractivity contribution in [3.05, 3.63) is 17.5 Å². The van der Waals surface area contributed by atoms with Crippen LogP contribution in [-0.2, 0) is 16.4 Å². The predicted molar refractivity (Wildman–Crippen MR) is 72.2 cm³/mol. The van der Waals surface area contributed by atoms with Crippen molar-refractivity contribution in [1.29, 1.82) is 0 Å². The number of aromatic nitrogens is 2. The summed E-state index contributed by atoms with van der Waals surface area (Å²) in [6.45, 7) is 0.151. The van der Waals surface area contributed by atoms with Gasteiger partial charge in [0, 0.05) is 12.2 Å². The summed E-state index contributed by atoms with van der Waals surface area (Å²) in [7, 11) is -3.17. The molecule has 1 aliphatic rings. The molecule has 1 unspecified atom stereocenters. The minimum absolute atomic E-state index is 0.0206. The summed E-state index contributed by atoms with van der Waals surface area (Å²) in [6.07, 6.45) is -2.42. The Kier molecular flexibility index (Phi) is 4.50. The van der Waals surface area contributed by atoms with Crippen molar-refractivity contribution in [3.8, 4) is 0 Å². The van der Waals surface area contributed by atoms with Crippen LogP contribution >= 0.6 is 0 Å². The average Bonchev–Trinajstić information content (AvgIpc) is 2.66. The number of rotatable bonds is 3. The molecule has 1 aliphatic heterocycles. The van der Waals surface area contributed by atoms with Gasteiger partial charge < -0.3 is 5.32 Å². The number of amides is 1. The Labute approximate surface area is 125 Å². The monoisotopic (exact) mass is 339 g/mol. The van der Waals surface area contributed by atoms with Gasteiger partial charge in [0.25, 0.3) is 5.91 Å². The minimum Gasteiger partial charge on any atom is -0.348 e. The number of halogens is 3. The Morgan fingerprint density at radius 3 is 2.77 bits per heavy atom. The van der Waals surface area contributed by atoms with Gasteiger partial charge in [0.1, 0.15) is 6.54 Å². The quantitative estimate of drug-likeness (QED) is 0.893. The van der Waals surface area contributed by atoms with E-state index in [9.17, 15) is 26.4 Å². The largest absolute Gasteiger partial charge is 0.408 e. The van der Waals surface area contributed by atoms with Gasteiger partial charge in [-0.2, -0.15) is 18.3 Å². The first kappa shape index (κ1) is 16.8. The van der Waals surface area contributed by atoms with Crippen LogP contribution in [-0.4, -0.2) is 47.8 Å². The summed E-state index contributed by atoms with van der Waals surface area (Å²) in [4.78, 5) is 12.1. The fourth-order valence-electron chi connectivity index (χ4n) is 2.41. The van der Waals surface area contributed by atoms with Crippen molar-refractivity contribution in [2.75, 3.05) is 11.5 Å². The van der Waals surface area contributed by atoms with E-state index in [1.165, 1.54) is 6.92 Å². The number of carbonyl (C=O) groups is 1. The lowest BCUT2D eigenvalue weighted by Gasteiger charge is -2.22. The Morgan fingerprint density at radius 2 is 2.18 bits per heavy atom. The summed E-state index contributed by atoms with van der Waals surface area (Å²) < 4.78 is 60.6. The van der Waals surface area contributed by atoms with Gasteiger partial charge in [-0.05, 0) is 19.8 Å². The molecule has 10 heteroatoms. The fourth-order valence-corrected chi connectivity index (χ4v) is 4.04. The maximum absolute atomic E-state index is 12.3. The molecule has 1 aromatic rings. The maximum Gasteiger partial charge on any atom is 0.408 e. The van der Waals surface area contributed by atoms with Crippen LogP contribution in [0, 0.1) is 6.92 Å². The third-order valence-electron chi connectivity index (χ3n) is 3.33. The fraction of sp³-hybridized carbons (Fsp3) is 0.667. The van der Waals surface area contributed by atoms with Crippen molar-refractivity contribution >= 4 is 15.7 Å². The Bertz CT molecular complexity index is 667. The average molecular weight is 339 g/mol. The zero-order valence-electron chi connectivity index (χ0n) is 11.9. The van der Waals surface area contributed by atoms with E-state index >= 15 is 0 Å². The lowest BCUT2D eigenvalue weighted by Crippen LogP contribution is -2.43. The van der Waals surface area contributed by atoms with Crippen LogP contribution in [0.5, 0.6) is 0 Å². The molecule has 0 radical (unpaired) electrons. The molecule has 1 N–H and O–H groups in total. The second kappa shape index (κ2) is 5.90.